The lowest BCUT2D eigenvalue weighted by molar-refractivity contribution is 0.0932. The number of carbonyl (C=O) groups is 1. The van der Waals surface area contributed by atoms with Crippen LogP contribution in [-0.2, 0) is 5.75 Å². The zero-order chi connectivity index (χ0) is 19.3. The largest absolute Gasteiger partial charge is 0.348 e. The molecule has 1 amide bonds. The third kappa shape index (κ3) is 4.34. The van der Waals surface area contributed by atoms with Gasteiger partial charge in [-0.15, -0.1) is 5.10 Å². The van der Waals surface area contributed by atoms with Gasteiger partial charge in [-0.25, -0.2) is 14.6 Å². The zero-order valence-corrected chi connectivity index (χ0v) is 16.7. The number of aromatic nitrogens is 5. The number of thioether (sulfide) groups is 1. The quantitative estimate of drug-likeness (QED) is 0.489. The summed E-state index contributed by atoms with van der Waals surface area (Å²) in [5.74, 6) is 0.282. The molecule has 1 saturated carbocycles. The van der Waals surface area contributed by atoms with Gasteiger partial charge in [-0.1, -0.05) is 41.4 Å². The van der Waals surface area contributed by atoms with Crippen LogP contribution in [0, 0.1) is 0 Å². The normalized spacial score (nSPS) is 14.3. The second-order valence-electron chi connectivity index (χ2n) is 6.55. The lowest BCUT2D eigenvalue weighted by Gasteiger charge is -2.12. The first-order valence-corrected chi connectivity index (χ1v) is 10.5. The Bertz CT molecular complexity index is 941. The number of halogens is 1. The predicted octanol–water partition coefficient (Wildman–Crippen LogP) is 3.68. The zero-order valence-electron chi connectivity index (χ0n) is 15.1. The maximum Gasteiger partial charge on any atom is 0.274 e. The van der Waals surface area contributed by atoms with Gasteiger partial charge in [-0.05, 0) is 43.2 Å². The average Bonchev–Trinajstić information content (AvgIpc) is 3.37. The number of amides is 1. The summed E-state index contributed by atoms with van der Waals surface area (Å²) in [5.41, 5.74) is 1.84. The minimum atomic E-state index is -0.184. The highest BCUT2D eigenvalue weighted by Crippen LogP contribution is 2.24. The van der Waals surface area contributed by atoms with Crippen LogP contribution in [0.5, 0.6) is 0 Å². The van der Waals surface area contributed by atoms with Gasteiger partial charge in [-0.3, -0.25) is 4.79 Å². The molecule has 28 heavy (non-hydrogen) atoms. The first-order chi connectivity index (χ1) is 13.7. The molecular weight excluding hydrogens is 396 g/mol. The van der Waals surface area contributed by atoms with Crippen molar-refractivity contribution in [1.29, 1.82) is 0 Å². The van der Waals surface area contributed by atoms with E-state index in [1.165, 1.54) is 11.8 Å². The molecule has 1 fully saturated rings. The summed E-state index contributed by atoms with van der Waals surface area (Å²) in [7, 11) is 0. The van der Waals surface area contributed by atoms with Crippen molar-refractivity contribution in [2.75, 3.05) is 0 Å². The van der Waals surface area contributed by atoms with E-state index in [2.05, 4.69) is 25.6 Å². The van der Waals surface area contributed by atoms with Gasteiger partial charge in [0.2, 0.25) is 0 Å². The Hall–Kier alpha value is -2.45. The Kier molecular flexibility index (Phi) is 5.87. The van der Waals surface area contributed by atoms with Crippen molar-refractivity contribution in [2.24, 2.45) is 0 Å². The summed E-state index contributed by atoms with van der Waals surface area (Å²) in [6.07, 6.45) is 7.71. The van der Waals surface area contributed by atoms with E-state index in [0.29, 0.717) is 27.3 Å². The van der Waals surface area contributed by atoms with Gasteiger partial charge in [0.05, 0.1) is 11.4 Å². The first kappa shape index (κ1) is 18.9. The number of rotatable bonds is 6. The van der Waals surface area contributed by atoms with E-state index < -0.39 is 0 Å². The van der Waals surface area contributed by atoms with Gasteiger partial charge in [-0.2, -0.15) is 0 Å². The minimum Gasteiger partial charge on any atom is -0.348 e. The molecule has 2 aromatic heterocycles. The number of hydrogen-bond acceptors (Lipinski definition) is 6. The van der Waals surface area contributed by atoms with Crippen LogP contribution in [0.3, 0.4) is 0 Å². The van der Waals surface area contributed by atoms with Gasteiger partial charge in [0, 0.05) is 29.2 Å². The van der Waals surface area contributed by atoms with Crippen LogP contribution in [0.15, 0.2) is 47.9 Å². The van der Waals surface area contributed by atoms with E-state index in [-0.39, 0.29) is 11.9 Å². The summed E-state index contributed by atoms with van der Waals surface area (Å²) in [4.78, 5) is 21.3. The number of benzene rings is 1. The predicted molar refractivity (Wildman–Crippen MR) is 108 cm³/mol. The molecule has 144 valence electrons. The fourth-order valence-corrected chi connectivity index (χ4v) is 4.14. The number of nitrogens with zero attached hydrogens (tertiary/aromatic N) is 5. The molecule has 0 atom stereocenters. The van der Waals surface area contributed by atoms with Gasteiger partial charge in [0.1, 0.15) is 0 Å². The van der Waals surface area contributed by atoms with E-state index in [0.717, 1.165) is 31.4 Å². The van der Waals surface area contributed by atoms with Crippen molar-refractivity contribution in [3.8, 4) is 5.69 Å². The second-order valence-corrected chi connectivity index (χ2v) is 7.93. The van der Waals surface area contributed by atoms with Crippen LogP contribution in [-0.4, -0.2) is 36.9 Å². The highest BCUT2D eigenvalue weighted by Gasteiger charge is 2.24. The summed E-state index contributed by atoms with van der Waals surface area (Å²) < 4.78 is 1.68. The molecule has 3 aromatic rings. The highest BCUT2D eigenvalue weighted by molar-refractivity contribution is 7.98. The van der Waals surface area contributed by atoms with Crippen molar-refractivity contribution >= 4 is 29.3 Å². The van der Waals surface area contributed by atoms with Crippen LogP contribution in [0.25, 0.3) is 5.69 Å². The summed E-state index contributed by atoms with van der Waals surface area (Å²) in [5, 5.41) is 12.8. The van der Waals surface area contributed by atoms with Gasteiger partial charge in [0.25, 0.3) is 5.91 Å². The Balaban J connectivity index is 1.62. The molecule has 1 aliphatic rings. The molecule has 1 aliphatic carbocycles. The minimum absolute atomic E-state index is 0.184. The van der Waals surface area contributed by atoms with E-state index in [4.69, 9.17) is 11.6 Å². The fraction of sp³-hybridized carbons (Fsp3) is 0.316. The van der Waals surface area contributed by atoms with Gasteiger partial charge >= 0.3 is 0 Å². The second kappa shape index (κ2) is 8.70. The molecule has 0 radical (unpaired) electrons. The molecule has 0 aliphatic heterocycles. The van der Waals surface area contributed by atoms with Gasteiger partial charge < -0.3 is 5.32 Å². The first-order valence-electron chi connectivity index (χ1n) is 9.12. The highest BCUT2D eigenvalue weighted by atomic mass is 35.5. The molecule has 1 aromatic carbocycles. The Morgan fingerprint density at radius 3 is 2.61 bits per heavy atom. The van der Waals surface area contributed by atoms with Crippen molar-refractivity contribution in [2.45, 2.75) is 42.6 Å². The monoisotopic (exact) mass is 414 g/mol. The average molecular weight is 415 g/mol. The van der Waals surface area contributed by atoms with Gasteiger partial charge in [0.15, 0.2) is 10.9 Å². The molecule has 1 N–H and O–H groups in total. The molecule has 9 heteroatoms. The van der Waals surface area contributed by atoms with Crippen LogP contribution in [0.4, 0.5) is 0 Å². The molecule has 0 bridgehead atoms. The molecule has 2 heterocycles. The van der Waals surface area contributed by atoms with E-state index >= 15 is 0 Å². The number of nitrogens with one attached hydrogen (secondary N) is 1. The van der Waals surface area contributed by atoms with Crippen molar-refractivity contribution < 1.29 is 4.79 Å². The number of hydrogen-bond donors (Lipinski definition) is 1. The van der Waals surface area contributed by atoms with E-state index in [9.17, 15) is 4.79 Å². The fourth-order valence-electron chi connectivity index (χ4n) is 3.21. The topological polar surface area (TPSA) is 85.6 Å². The van der Waals surface area contributed by atoms with Crippen LogP contribution >= 0.6 is 23.4 Å². The summed E-state index contributed by atoms with van der Waals surface area (Å²) in [6, 6.07) is 9.25. The lowest BCUT2D eigenvalue weighted by Crippen LogP contribution is -2.33. The van der Waals surface area contributed by atoms with Crippen molar-refractivity contribution in [3.05, 3.63) is 59.1 Å². The molecule has 0 spiro atoms. The van der Waals surface area contributed by atoms with Crippen molar-refractivity contribution in [3.63, 3.8) is 0 Å². The Labute approximate surface area is 171 Å². The smallest absolute Gasteiger partial charge is 0.274 e. The lowest BCUT2D eigenvalue weighted by atomic mass is 10.2. The van der Waals surface area contributed by atoms with Crippen LogP contribution in [0.2, 0.25) is 5.02 Å². The SMILES string of the molecule is O=C(NC1CCCC1)c1nnn(-c2ccc(Cl)cc2)c1CSc1ncccn1. The van der Waals surface area contributed by atoms with E-state index in [1.54, 1.807) is 35.3 Å². The maximum absolute atomic E-state index is 12.8. The standard InChI is InChI=1S/C19H19ClN6OS/c20-13-6-8-15(9-7-13)26-16(12-28-19-21-10-3-11-22-19)17(24-25-26)18(27)23-14-4-1-2-5-14/h3,6-11,14H,1-2,4-5,12H2,(H,23,27). The van der Waals surface area contributed by atoms with Crippen molar-refractivity contribution in [1.82, 2.24) is 30.3 Å². The molecule has 0 saturated heterocycles. The molecule has 4 rings (SSSR count). The number of carbonyl (C=O) groups excluding carboxylic acids is 1. The third-order valence-corrected chi connectivity index (χ3v) is 5.76. The summed E-state index contributed by atoms with van der Waals surface area (Å²) >= 11 is 7.44. The Morgan fingerprint density at radius 2 is 1.89 bits per heavy atom. The summed E-state index contributed by atoms with van der Waals surface area (Å²) in [6.45, 7) is 0. The molecule has 0 unspecified atom stereocenters. The Morgan fingerprint density at radius 1 is 1.18 bits per heavy atom. The maximum atomic E-state index is 12.8. The van der Waals surface area contributed by atoms with E-state index in [1.807, 2.05) is 12.1 Å². The third-order valence-electron chi connectivity index (χ3n) is 4.62. The molecular formula is C19H19ClN6OS. The van der Waals surface area contributed by atoms with Crippen LogP contribution < -0.4 is 5.32 Å². The van der Waals surface area contributed by atoms with Crippen LogP contribution in [0.1, 0.15) is 41.9 Å². The molecule has 7 nitrogen and oxygen atoms in total.